The molecule has 0 spiro atoms. The highest BCUT2D eigenvalue weighted by Crippen LogP contribution is 2.05. The Morgan fingerprint density at radius 3 is 2.90 bits per heavy atom. The van der Waals surface area contributed by atoms with Crippen molar-refractivity contribution >= 4 is 15.9 Å². The average Bonchev–Trinajstić information content (AvgIpc) is 1.94. The van der Waals surface area contributed by atoms with Gasteiger partial charge < -0.3 is 0 Å². The molecule has 0 N–H and O–H groups in total. The molecular weight excluding hydrogens is 201 g/mol. The van der Waals surface area contributed by atoms with Gasteiger partial charge in [0, 0.05) is 0 Å². The Balaban J connectivity index is 3.25. The topological polar surface area (TPSA) is 49.6 Å². The summed E-state index contributed by atoms with van der Waals surface area (Å²) in [6.45, 7) is 0. The predicted octanol–water partition coefficient (Wildman–Crippen LogP) is 1.25. The van der Waals surface area contributed by atoms with E-state index in [4.69, 9.17) is 5.26 Å². The zero-order chi connectivity index (χ0) is 7.56. The lowest BCUT2D eigenvalue weighted by Gasteiger charge is -1.89. The second kappa shape index (κ2) is 2.71. The molecule has 0 aliphatic heterocycles. The molecule has 10 heavy (non-hydrogen) atoms. The molecule has 0 amide bonds. The maximum absolute atomic E-state index is 12.4. The summed E-state index contributed by atoms with van der Waals surface area (Å²) in [7, 11) is 0. The van der Waals surface area contributed by atoms with Crippen molar-refractivity contribution in [1.29, 1.82) is 5.26 Å². The van der Waals surface area contributed by atoms with Crippen molar-refractivity contribution in [3.8, 4) is 6.07 Å². The van der Waals surface area contributed by atoms with Crippen LogP contribution in [0.1, 0.15) is 5.69 Å². The van der Waals surface area contributed by atoms with Crippen molar-refractivity contribution in [2.24, 2.45) is 0 Å². The van der Waals surface area contributed by atoms with Crippen molar-refractivity contribution in [2.75, 3.05) is 0 Å². The average molecular weight is 202 g/mol. The van der Waals surface area contributed by atoms with Crippen LogP contribution < -0.4 is 0 Å². The highest BCUT2D eigenvalue weighted by Gasteiger charge is 2.02. The number of halogens is 2. The van der Waals surface area contributed by atoms with Crippen molar-refractivity contribution in [3.63, 3.8) is 0 Å². The molecule has 0 aromatic carbocycles. The third-order valence-corrected chi connectivity index (χ3v) is 1.19. The van der Waals surface area contributed by atoms with Gasteiger partial charge in [0.2, 0.25) is 5.95 Å². The van der Waals surface area contributed by atoms with Gasteiger partial charge >= 0.3 is 0 Å². The summed E-state index contributed by atoms with van der Waals surface area (Å²) in [5.41, 5.74) is -0.297. The van der Waals surface area contributed by atoms with Crippen LogP contribution in [0.4, 0.5) is 4.39 Å². The second-order valence-corrected chi connectivity index (χ2v) is 2.26. The third kappa shape index (κ3) is 1.28. The first-order chi connectivity index (χ1) is 4.74. The third-order valence-electron chi connectivity index (χ3n) is 0.804. The van der Waals surface area contributed by atoms with Gasteiger partial charge in [-0.3, -0.25) is 0 Å². The van der Waals surface area contributed by atoms with Crippen LogP contribution in [0.5, 0.6) is 0 Å². The summed E-state index contributed by atoms with van der Waals surface area (Å²) >= 11 is 2.95. The monoisotopic (exact) mass is 201 g/mol. The molecule has 1 aromatic heterocycles. The fraction of sp³-hybridized carbons (Fsp3) is 0. The van der Waals surface area contributed by atoms with Gasteiger partial charge in [0.05, 0.1) is 6.20 Å². The zero-order valence-electron chi connectivity index (χ0n) is 4.67. The van der Waals surface area contributed by atoms with Gasteiger partial charge in [0.25, 0.3) is 0 Å². The van der Waals surface area contributed by atoms with Crippen LogP contribution in [-0.2, 0) is 0 Å². The smallest absolute Gasteiger partial charge is 0.224 e. The van der Waals surface area contributed by atoms with Crippen LogP contribution in [0.25, 0.3) is 0 Å². The van der Waals surface area contributed by atoms with Crippen LogP contribution in [0.15, 0.2) is 10.8 Å². The largest absolute Gasteiger partial charge is 0.249 e. The van der Waals surface area contributed by atoms with E-state index >= 15 is 0 Å². The number of nitriles is 1. The Bertz CT molecular complexity index is 293. The Hall–Kier alpha value is -1.02. The van der Waals surface area contributed by atoms with Gasteiger partial charge in [-0.1, -0.05) is 0 Å². The Morgan fingerprint density at radius 1 is 1.70 bits per heavy atom. The molecule has 0 saturated heterocycles. The van der Waals surface area contributed by atoms with E-state index < -0.39 is 5.95 Å². The SMILES string of the molecule is N#Cc1nc(Br)cnc1F. The van der Waals surface area contributed by atoms with Gasteiger partial charge in [-0.2, -0.15) is 9.65 Å². The minimum absolute atomic E-state index is 0.297. The van der Waals surface area contributed by atoms with Gasteiger partial charge in [0.1, 0.15) is 10.7 Å². The zero-order valence-corrected chi connectivity index (χ0v) is 6.26. The van der Waals surface area contributed by atoms with Crippen LogP contribution in [0.3, 0.4) is 0 Å². The summed E-state index contributed by atoms with van der Waals surface area (Å²) in [4.78, 5) is 6.76. The molecule has 5 heteroatoms. The molecule has 1 rings (SSSR count). The van der Waals surface area contributed by atoms with E-state index in [1.54, 1.807) is 6.07 Å². The number of aromatic nitrogens is 2. The van der Waals surface area contributed by atoms with Crippen LogP contribution >= 0.6 is 15.9 Å². The van der Waals surface area contributed by atoms with Crippen molar-refractivity contribution in [1.82, 2.24) is 9.97 Å². The molecule has 1 aromatic rings. The van der Waals surface area contributed by atoms with E-state index in [1.807, 2.05) is 0 Å². The van der Waals surface area contributed by atoms with Crippen molar-refractivity contribution < 1.29 is 4.39 Å². The summed E-state index contributed by atoms with van der Waals surface area (Å²) in [5.74, 6) is -0.842. The lowest BCUT2D eigenvalue weighted by molar-refractivity contribution is 0.570. The Labute approximate surface area is 64.7 Å². The Morgan fingerprint density at radius 2 is 2.40 bits per heavy atom. The van der Waals surface area contributed by atoms with E-state index in [-0.39, 0.29) is 5.69 Å². The van der Waals surface area contributed by atoms with Gasteiger partial charge in [-0.15, -0.1) is 0 Å². The lowest BCUT2D eigenvalue weighted by atomic mass is 10.5. The second-order valence-electron chi connectivity index (χ2n) is 1.44. The van der Waals surface area contributed by atoms with Gasteiger partial charge in [-0.25, -0.2) is 9.97 Å². The molecule has 1 heterocycles. The van der Waals surface area contributed by atoms with Crippen molar-refractivity contribution in [3.05, 3.63) is 22.4 Å². The van der Waals surface area contributed by atoms with Gasteiger partial charge in [-0.05, 0) is 15.9 Å². The fourth-order valence-electron chi connectivity index (χ4n) is 0.424. The summed E-state index contributed by atoms with van der Waals surface area (Å²) in [6.07, 6.45) is 1.19. The molecule has 0 atom stereocenters. The first-order valence-electron chi connectivity index (χ1n) is 2.32. The van der Waals surface area contributed by atoms with E-state index in [1.165, 1.54) is 6.20 Å². The fourth-order valence-corrected chi connectivity index (χ4v) is 0.704. The first kappa shape index (κ1) is 7.09. The van der Waals surface area contributed by atoms with Crippen LogP contribution in [0, 0.1) is 17.3 Å². The van der Waals surface area contributed by atoms with Crippen LogP contribution in [0.2, 0.25) is 0 Å². The van der Waals surface area contributed by atoms with E-state index in [9.17, 15) is 4.39 Å². The predicted molar refractivity (Wildman–Crippen MR) is 34.4 cm³/mol. The minimum atomic E-state index is -0.842. The molecule has 0 aliphatic rings. The molecular formula is C5HBrFN3. The molecule has 0 aliphatic carbocycles. The van der Waals surface area contributed by atoms with Crippen LogP contribution in [-0.4, -0.2) is 9.97 Å². The number of hydrogen-bond donors (Lipinski definition) is 0. The number of hydrogen-bond acceptors (Lipinski definition) is 3. The normalized spacial score (nSPS) is 8.90. The minimum Gasteiger partial charge on any atom is -0.224 e. The maximum Gasteiger partial charge on any atom is 0.249 e. The molecule has 50 valence electrons. The summed E-state index contributed by atoms with van der Waals surface area (Å²) in [6, 6.07) is 1.56. The summed E-state index contributed by atoms with van der Waals surface area (Å²) in [5, 5.41) is 8.23. The summed E-state index contributed by atoms with van der Waals surface area (Å²) < 4.78 is 12.7. The van der Waals surface area contributed by atoms with Gasteiger partial charge in [0.15, 0.2) is 5.69 Å². The maximum atomic E-state index is 12.4. The molecule has 3 nitrogen and oxygen atoms in total. The highest BCUT2D eigenvalue weighted by molar-refractivity contribution is 9.10. The highest BCUT2D eigenvalue weighted by atomic mass is 79.9. The molecule has 0 saturated carbocycles. The molecule has 0 fully saturated rings. The Kier molecular flexibility index (Phi) is 1.92. The first-order valence-corrected chi connectivity index (χ1v) is 3.11. The molecule has 0 unspecified atom stereocenters. The van der Waals surface area contributed by atoms with E-state index in [0.29, 0.717) is 4.60 Å². The van der Waals surface area contributed by atoms with E-state index in [0.717, 1.165) is 0 Å². The number of nitrogens with zero attached hydrogens (tertiary/aromatic N) is 3. The quantitative estimate of drug-likeness (QED) is 0.635. The standard InChI is InChI=1S/C5HBrFN3/c6-4-2-9-5(7)3(1-8)10-4/h2H. The number of rotatable bonds is 0. The lowest BCUT2D eigenvalue weighted by Crippen LogP contribution is -1.92. The molecule has 0 radical (unpaired) electrons. The molecule has 0 bridgehead atoms. The van der Waals surface area contributed by atoms with E-state index in [2.05, 4.69) is 25.9 Å². The van der Waals surface area contributed by atoms with Crippen molar-refractivity contribution in [2.45, 2.75) is 0 Å².